The van der Waals surface area contributed by atoms with Gasteiger partial charge in [-0.2, -0.15) is 5.10 Å². The smallest absolute Gasteiger partial charge is 0.264 e. The lowest BCUT2D eigenvalue weighted by atomic mass is 10.2. The summed E-state index contributed by atoms with van der Waals surface area (Å²) in [6, 6.07) is 15.7. The topological polar surface area (TPSA) is 118 Å². The number of carbonyl (C=O) groups excluding carboxylic acids is 1. The van der Waals surface area contributed by atoms with Gasteiger partial charge in [0.2, 0.25) is 0 Å². The van der Waals surface area contributed by atoms with Gasteiger partial charge in [0, 0.05) is 0 Å². The number of hydrogen-bond donors (Lipinski definition) is 2. The molecular weight excluding hydrogens is 538 g/mol. The molecule has 0 spiro atoms. The fourth-order valence-electron chi connectivity index (χ4n) is 3.08. The van der Waals surface area contributed by atoms with Crippen LogP contribution in [0.1, 0.15) is 11.1 Å². The maximum absolute atomic E-state index is 13.5. The van der Waals surface area contributed by atoms with Gasteiger partial charge in [-0.05, 0) is 76.9 Å². The molecule has 0 bridgehead atoms. The van der Waals surface area contributed by atoms with Crippen LogP contribution in [0.15, 0.2) is 75.1 Å². The number of nitrogens with zero attached hydrogens (tertiary/aromatic N) is 2. The summed E-state index contributed by atoms with van der Waals surface area (Å²) in [5.41, 5.74) is 4.17. The van der Waals surface area contributed by atoms with E-state index in [-0.39, 0.29) is 16.4 Å². The van der Waals surface area contributed by atoms with E-state index in [0.717, 1.165) is 9.87 Å². The number of nitrogens with one attached hydrogen (secondary N) is 1. The number of amides is 1. The highest BCUT2D eigenvalue weighted by atomic mass is 79.9. The highest BCUT2D eigenvalue weighted by Gasteiger charge is 2.28. The molecule has 0 saturated carbocycles. The van der Waals surface area contributed by atoms with Gasteiger partial charge in [0.1, 0.15) is 12.3 Å². The van der Waals surface area contributed by atoms with Gasteiger partial charge in [0.25, 0.3) is 15.9 Å². The minimum absolute atomic E-state index is 0.0155. The first kappa shape index (κ1) is 26.0. The molecule has 0 aromatic heterocycles. The van der Waals surface area contributed by atoms with Crippen molar-refractivity contribution in [2.45, 2.75) is 11.8 Å². The fraction of sp³-hybridized carbons (Fsp3) is 0.167. The number of rotatable bonds is 9. The minimum Gasteiger partial charge on any atom is -0.504 e. The number of aromatic hydroxyl groups is 1. The van der Waals surface area contributed by atoms with Crippen molar-refractivity contribution in [2.24, 2.45) is 5.10 Å². The Morgan fingerprint density at radius 3 is 2.37 bits per heavy atom. The van der Waals surface area contributed by atoms with Crippen LogP contribution < -0.4 is 19.2 Å². The normalized spacial score (nSPS) is 11.3. The average Bonchev–Trinajstić information content (AvgIpc) is 2.84. The molecule has 0 aliphatic heterocycles. The van der Waals surface area contributed by atoms with Crippen molar-refractivity contribution >= 4 is 43.8 Å². The Balaban J connectivity index is 1.85. The summed E-state index contributed by atoms with van der Waals surface area (Å²) in [5.74, 6) is 0.0490. The number of aryl methyl sites for hydroxylation is 1. The Labute approximate surface area is 212 Å². The van der Waals surface area contributed by atoms with Crippen molar-refractivity contribution in [3.8, 4) is 17.2 Å². The van der Waals surface area contributed by atoms with E-state index in [2.05, 4.69) is 26.5 Å². The largest absolute Gasteiger partial charge is 0.504 e. The monoisotopic (exact) mass is 561 g/mol. The number of hydrogen-bond acceptors (Lipinski definition) is 7. The van der Waals surface area contributed by atoms with E-state index in [1.807, 2.05) is 6.92 Å². The number of sulfonamides is 1. The van der Waals surface area contributed by atoms with Crippen molar-refractivity contribution in [3.63, 3.8) is 0 Å². The number of phenolic OH excluding ortho intramolecular Hbond substituents is 1. The van der Waals surface area contributed by atoms with Gasteiger partial charge in [0.15, 0.2) is 11.5 Å². The molecule has 0 aliphatic rings. The van der Waals surface area contributed by atoms with Crippen LogP contribution in [0.25, 0.3) is 0 Å². The molecule has 9 nitrogen and oxygen atoms in total. The molecule has 2 N–H and O–H groups in total. The zero-order valence-corrected chi connectivity index (χ0v) is 21.6. The van der Waals surface area contributed by atoms with E-state index in [4.69, 9.17) is 9.47 Å². The van der Waals surface area contributed by atoms with Gasteiger partial charge in [-0.15, -0.1) is 0 Å². The molecule has 0 atom stereocenters. The number of methoxy groups -OCH3 is 2. The summed E-state index contributed by atoms with van der Waals surface area (Å²) in [7, 11) is -1.22. The van der Waals surface area contributed by atoms with Crippen LogP contribution in [-0.2, 0) is 14.8 Å². The molecule has 184 valence electrons. The number of ether oxygens (including phenoxy) is 2. The SMILES string of the molecule is COc1cc(/C=N\NC(=O)CN(c2ccc(C)cc2)S(=O)(=O)c2ccc(OC)c(Br)c2)ccc1O. The number of anilines is 1. The van der Waals surface area contributed by atoms with Crippen molar-refractivity contribution in [3.05, 3.63) is 76.3 Å². The fourth-order valence-corrected chi connectivity index (χ4v) is 5.22. The summed E-state index contributed by atoms with van der Waals surface area (Å²) in [4.78, 5) is 12.7. The predicted molar refractivity (Wildman–Crippen MR) is 137 cm³/mol. The average molecular weight is 562 g/mol. The summed E-state index contributed by atoms with van der Waals surface area (Å²) >= 11 is 3.31. The molecule has 0 fully saturated rings. The number of phenols is 1. The highest BCUT2D eigenvalue weighted by Crippen LogP contribution is 2.31. The van der Waals surface area contributed by atoms with E-state index < -0.39 is 22.5 Å². The third-order valence-electron chi connectivity index (χ3n) is 4.93. The molecule has 1 amide bonds. The van der Waals surface area contributed by atoms with Crippen molar-refractivity contribution < 1.29 is 27.8 Å². The Bertz CT molecular complexity index is 1340. The zero-order chi connectivity index (χ0) is 25.6. The van der Waals surface area contributed by atoms with Crippen LogP contribution in [-0.4, -0.2) is 46.4 Å². The second-order valence-corrected chi connectivity index (χ2v) is 10.1. The molecule has 0 saturated heterocycles. The summed E-state index contributed by atoms with van der Waals surface area (Å²) < 4.78 is 38.7. The maximum Gasteiger partial charge on any atom is 0.264 e. The lowest BCUT2D eigenvalue weighted by Gasteiger charge is -2.24. The second-order valence-electron chi connectivity index (χ2n) is 7.37. The Morgan fingerprint density at radius 1 is 1.06 bits per heavy atom. The predicted octanol–water partition coefficient (Wildman–Crippen LogP) is 3.83. The van der Waals surface area contributed by atoms with Gasteiger partial charge in [-0.25, -0.2) is 13.8 Å². The molecule has 0 heterocycles. The molecule has 11 heteroatoms. The minimum atomic E-state index is -4.11. The molecule has 3 aromatic carbocycles. The first-order valence-electron chi connectivity index (χ1n) is 10.3. The molecule has 0 radical (unpaired) electrons. The molecule has 3 aromatic rings. The number of benzene rings is 3. The van der Waals surface area contributed by atoms with Gasteiger partial charge in [-0.1, -0.05) is 17.7 Å². The van der Waals surface area contributed by atoms with Gasteiger partial charge in [-0.3, -0.25) is 9.10 Å². The molecule has 3 rings (SSSR count). The van der Waals surface area contributed by atoms with Crippen LogP contribution in [0.5, 0.6) is 17.2 Å². The Hall–Kier alpha value is -3.57. The summed E-state index contributed by atoms with van der Waals surface area (Å²) in [6.07, 6.45) is 1.35. The quantitative estimate of drug-likeness (QED) is 0.303. The summed E-state index contributed by atoms with van der Waals surface area (Å²) in [6.45, 7) is 1.37. The van der Waals surface area contributed by atoms with Crippen molar-refractivity contribution in [1.29, 1.82) is 0 Å². The van der Waals surface area contributed by atoms with Crippen molar-refractivity contribution in [2.75, 3.05) is 25.1 Å². The number of halogens is 1. The van der Waals surface area contributed by atoms with Crippen LogP contribution in [0.2, 0.25) is 0 Å². The van der Waals surface area contributed by atoms with Gasteiger partial charge >= 0.3 is 0 Å². The first-order chi connectivity index (χ1) is 16.6. The van der Waals surface area contributed by atoms with E-state index in [9.17, 15) is 18.3 Å². The molecule has 35 heavy (non-hydrogen) atoms. The van der Waals surface area contributed by atoms with E-state index in [0.29, 0.717) is 21.5 Å². The Morgan fingerprint density at radius 2 is 1.74 bits per heavy atom. The van der Waals surface area contributed by atoms with Crippen LogP contribution in [0.4, 0.5) is 5.69 Å². The highest BCUT2D eigenvalue weighted by molar-refractivity contribution is 9.10. The van der Waals surface area contributed by atoms with E-state index in [1.54, 1.807) is 30.3 Å². The number of carbonyl (C=O) groups is 1. The summed E-state index contributed by atoms with van der Waals surface area (Å²) in [5, 5.41) is 13.6. The first-order valence-corrected chi connectivity index (χ1v) is 12.5. The van der Waals surface area contributed by atoms with Gasteiger partial charge in [0.05, 0.1) is 35.5 Å². The molecular formula is C24H24BrN3O6S. The lowest BCUT2D eigenvalue weighted by Crippen LogP contribution is -2.39. The van der Waals surface area contributed by atoms with Crippen molar-refractivity contribution in [1.82, 2.24) is 5.43 Å². The standard InChI is InChI=1S/C24H24BrN3O6S/c1-16-4-7-18(8-5-16)28(35(31,32)19-9-11-22(33-2)20(25)13-19)15-24(30)27-26-14-17-6-10-21(29)23(12-17)34-3/h4-14,29H,15H2,1-3H3,(H,27,30)/b26-14-. The van der Waals surface area contributed by atoms with Crippen LogP contribution in [0.3, 0.4) is 0 Å². The van der Waals surface area contributed by atoms with Crippen LogP contribution >= 0.6 is 15.9 Å². The third-order valence-corrected chi connectivity index (χ3v) is 7.32. The molecule has 0 unspecified atom stereocenters. The second kappa shape index (κ2) is 11.2. The third kappa shape index (κ3) is 6.31. The van der Waals surface area contributed by atoms with E-state index in [1.165, 1.54) is 50.8 Å². The maximum atomic E-state index is 13.5. The molecule has 0 aliphatic carbocycles. The van der Waals surface area contributed by atoms with Gasteiger partial charge < -0.3 is 14.6 Å². The van der Waals surface area contributed by atoms with E-state index >= 15 is 0 Å². The van der Waals surface area contributed by atoms with Crippen LogP contribution in [0, 0.1) is 6.92 Å². The lowest BCUT2D eigenvalue weighted by molar-refractivity contribution is -0.119. The number of hydrazone groups is 1. The Kier molecular flexibility index (Phi) is 8.36. The zero-order valence-electron chi connectivity index (χ0n) is 19.2.